The van der Waals surface area contributed by atoms with Crippen molar-refractivity contribution >= 4 is 0 Å². The lowest BCUT2D eigenvalue weighted by molar-refractivity contribution is 0.143. The van der Waals surface area contributed by atoms with E-state index in [0.29, 0.717) is 6.04 Å². The SMILES string of the molecule is CC(C)CN1CCCC(CC(N)C2CCCC2)C1. The maximum Gasteiger partial charge on any atom is 0.00702 e. The molecule has 1 saturated heterocycles. The van der Waals surface area contributed by atoms with Crippen molar-refractivity contribution in [3.63, 3.8) is 0 Å². The van der Waals surface area contributed by atoms with E-state index in [9.17, 15) is 0 Å². The highest BCUT2D eigenvalue weighted by molar-refractivity contribution is 4.83. The first kappa shape index (κ1) is 14.3. The summed E-state index contributed by atoms with van der Waals surface area (Å²) in [5.41, 5.74) is 6.44. The fourth-order valence-corrected chi connectivity index (χ4v) is 3.99. The molecule has 2 atom stereocenters. The zero-order chi connectivity index (χ0) is 13.0. The summed E-state index contributed by atoms with van der Waals surface area (Å²) in [6, 6.07) is 0.483. The maximum atomic E-state index is 6.44. The fourth-order valence-electron chi connectivity index (χ4n) is 3.99. The molecule has 0 radical (unpaired) electrons. The summed E-state index contributed by atoms with van der Waals surface area (Å²) >= 11 is 0. The van der Waals surface area contributed by atoms with Crippen LogP contribution >= 0.6 is 0 Å². The Morgan fingerprint density at radius 2 is 1.83 bits per heavy atom. The largest absolute Gasteiger partial charge is 0.327 e. The number of likely N-dealkylation sites (tertiary alicyclic amines) is 1. The van der Waals surface area contributed by atoms with Crippen LogP contribution in [0.5, 0.6) is 0 Å². The van der Waals surface area contributed by atoms with E-state index in [2.05, 4.69) is 18.7 Å². The zero-order valence-electron chi connectivity index (χ0n) is 12.4. The molecule has 0 aromatic carbocycles. The Balaban J connectivity index is 1.74. The van der Waals surface area contributed by atoms with Crippen LogP contribution in [-0.4, -0.2) is 30.6 Å². The van der Waals surface area contributed by atoms with Crippen molar-refractivity contribution in [3.8, 4) is 0 Å². The molecule has 2 aliphatic rings. The Morgan fingerprint density at radius 1 is 1.11 bits per heavy atom. The third kappa shape index (κ3) is 4.24. The maximum absolute atomic E-state index is 6.44. The molecule has 0 bridgehead atoms. The van der Waals surface area contributed by atoms with E-state index in [1.165, 1.54) is 64.6 Å². The molecular weight excluding hydrogens is 220 g/mol. The zero-order valence-corrected chi connectivity index (χ0v) is 12.4. The Kier molecular flexibility index (Phi) is 5.50. The van der Waals surface area contributed by atoms with Crippen LogP contribution in [0.1, 0.15) is 58.8 Å². The van der Waals surface area contributed by atoms with Crippen LogP contribution in [0.25, 0.3) is 0 Å². The minimum absolute atomic E-state index is 0.483. The number of nitrogens with zero attached hydrogens (tertiary/aromatic N) is 1. The van der Waals surface area contributed by atoms with Crippen molar-refractivity contribution in [2.45, 2.75) is 64.8 Å². The summed E-state index contributed by atoms with van der Waals surface area (Å²) in [6.45, 7) is 8.54. The summed E-state index contributed by atoms with van der Waals surface area (Å²) < 4.78 is 0. The average Bonchev–Trinajstić information content (AvgIpc) is 2.81. The molecule has 0 aromatic rings. The standard InChI is InChI=1S/C16H32N2/c1-13(2)11-18-9-5-6-14(12-18)10-16(17)15-7-3-4-8-15/h13-16H,3-12,17H2,1-2H3. The molecule has 18 heavy (non-hydrogen) atoms. The van der Waals surface area contributed by atoms with Gasteiger partial charge in [0, 0.05) is 19.1 Å². The third-order valence-corrected chi connectivity index (χ3v) is 4.84. The number of hydrogen-bond donors (Lipinski definition) is 1. The van der Waals surface area contributed by atoms with Crippen molar-refractivity contribution in [1.29, 1.82) is 0 Å². The number of rotatable bonds is 5. The van der Waals surface area contributed by atoms with E-state index in [1.807, 2.05) is 0 Å². The van der Waals surface area contributed by atoms with Gasteiger partial charge < -0.3 is 10.6 Å². The minimum Gasteiger partial charge on any atom is -0.327 e. The Hall–Kier alpha value is -0.0800. The third-order valence-electron chi connectivity index (χ3n) is 4.84. The Bertz CT molecular complexity index is 233. The Morgan fingerprint density at radius 3 is 2.50 bits per heavy atom. The molecule has 0 aromatic heterocycles. The van der Waals surface area contributed by atoms with Gasteiger partial charge in [0.2, 0.25) is 0 Å². The highest BCUT2D eigenvalue weighted by Gasteiger charge is 2.27. The number of nitrogens with two attached hydrogens (primary N) is 1. The van der Waals surface area contributed by atoms with Crippen LogP contribution in [0.15, 0.2) is 0 Å². The minimum atomic E-state index is 0.483. The van der Waals surface area contributed by atoms with Crippen molar-refractivity contribution in [3.05, 3.63) is 0 Å². The monoisotopic (exact) mass is 252 g/mol. The predicted molar refractivity (Wildman–Crippen MR) is 78.6 cm³/mol. The topological polar surface area (TPSA) is 29.3 Å². The smallest absolute Gasteiger partial charge is 0.00702 e. The van der Waals surface area contributed by atoms with E-state index in [1.54, 1.807) is 0 Å². The number of piperidine rings is 1. The van der Waals surface area contributed by atoms with Crippen LogP contribution in [-0.2, 0) is 0 Å². The summed E-state index contributed by atoms with van der Waals surface area (Å²) in [5, 5.41) is 0. The van der Waals surface area contributed by atoms with Crippen molar-refractivity contribution < 1.29 is 0 Å². The van der Waals surface area contributed by atoms with Crippen LogP contribution in [0.2, 0.25) is 0 Å². The van der Waals surface area contributed by atoms with E-state index >= 15 is 0 Å². The van der Waals surface area contributed by atoms with Crippen LogP contribution in [0.4, 0.5) is 0 Å². The summed E-state index contributed by atoms with van der Waals surface area (Å²) in [4.78, 5) is 2.67. The van der Waals surface area contributed by atoms with Gasteiger partial charge in [-0.15, -0.1) is 0 Å². The average molecular weight is 252 g/mol. The van der Waals surface area contributed by atoms with E-state index < -0.39 is 0 Å². The molecule has 2 N–H and O–H groups in total. The highest BCUT2D eigenvalue weighted by Crippen LogP contribution is 2.31. The van der Waals surface area contributed by atoms with Gasteiger partial charge in [-0.05, 0) is 56.4 Å². The molecule has 2 fully saturated rings. The summed E-state index contributed by atoms with van der Waals surface area (Å²) in [6.07, 6.45) is 9.70. The van der Waals surface area contributed by atoms with E-state index in [4.69, 9.17) is 5.73 Å². The molecule has 1 aliphatic heterocycles. The molecule has 0 amide bonds. The molecular formula is C16H32N2. The molecule has 2 nitrogen and oxygen atoms in total. The molecule has 106 valence electrons. The van der Waals surface area contributed by atoms with Crippen molar-refractivity contribution in [1.82, 2.24) is 4.90 Å². The van der Waals surface area contributed by atoms with Gasteiger partial charge in [-0.25, -0.2) is 0 Å². The van der Waals surface area contributed by atoms with E-state index in [0.717, 1.165) is 17.8 Å². The van der Waals surface area contributed by atoms with Crippen LogP contribution < -0.4 is 5.73 Å². The molecule has 2 unspecified atom stereocenters. The summed E-state index contributed by atoms with van der Waals surface area (Å²) in [5.74, 6) is 2.51. The van der Waals surface area contributed by atoms with Gasteiger partial charge in [0.05, 0.1) is 0 Å². The lowest BCUT2D eigenvalue weighted by Crippen LogP contribution is -2.41. The van der Waals surface area contributed by atoms with Gasteiger partial charge in [0.25, 0.3) is 0 Å². The molecule has 1 saturated carbocycles. The highest BCUT2D eigenvalue weighted by atomic mass is 15.1. The van der Waals surface area contributed by atoms with Crippen molar-refractivity contribution in [2.75, 3.05) is 19.6 Å². The summed E-state index contributed by atoms with van der Waals surface area (Å²) in [7, 11) is 0. The van der Waals surface area contributed by atoms with Gasteiger partial charge >= 0.3 is 0 Å². The van der Waals surface area contributed by atoms with Crippen LogP contribution in [0, 0.1) is 17.8 Å². The second kappa shape index (κ2) is 6.91. The molecule has 1 aliphatic carbocycles. The van der Waals surface area contributed by atoms with Gasteiger partial charge in [0.1, 0.15) is 0 Å². The lowest BCUT2D eigenvalue weighted by atomic mass is 9.86. The van der Waals surface area contributed by atoms with Gasteiger partial charge in [-0.2, -0.15) is 0 Å². The second-order valence-electron chi connectivity index (χ2n) is 7.11. The van der Waals surface area contributed by atoms with Gasteiger partial charge in [-0.1, -0.05) is 26.7 Å². The Labute approximate surface area is 113 Å². The fraction of sp³-hybridized carbons (Fsp3) is 1.00. The van der Waals surface area contributed by atoms with Crippen molar-refractivity contribution in [2.24, 2.45) is 23.5 Å². The second-order valence-corrected chi connectivity index (χ2v) is 7.11. The normalized spacial score (nSPS) is 29.0. The molecule has 0 spiro atoms. The van der Waals surface area contributed by atoms with E-state index in [-0.39, 0.29) is 0 Å². The number of hydrogen-bond acceptors (Lipinski definition) is 2. The molecule has 2 heteroatoms. The lowest BCUT2D eigenvalue weighted by Gasteiger charge is -2.35. The molecule has 2 rings (SSSR count). The van der Waals surface area contributed by atoms with Crippen LogP contribution in [0.3, 0.4) is 0 Å². The first-order valence-corrected chi connectivity index (χ1v) is 8.13. The molecule has 1 heterocycles. The predicted octanol–water partition coefficient (Wildman–Crippen LogP) is 3.26. The van der Waals surface area contributed by atoms with Gasteiger partial charge in [0.15, 0.2) is 0 Å². The first-order valence-electron chi connectivity index (χ1n) is 8.13. The quantitative estimate of drug-likeness (QED) is 0.814. The van der Waals surface area contributed by atoms with Gasteiger partial charge in [-0.3, -0.25) is 0 Å². The first-order chi connectivity index (χ1) is 8.65.